The predicted octanol–water partition coefficient (Wildman–Crippen LogP) is 3.38. The van der Waals surface area contributed by atoms with Gasteiger partial charge < -0.3 is 20.7 Å². The molecule has 2 aliphatic rings. The number of ketones is 1. The van der Waals surface area contributed by atoms with Crippen molar-refractivity contribution in [3.63, 3.8) is 0 Å². The molecule has 1 aromatic carbocycles. The molecule has 1 amide bonds. The number of allylic oxidation sites excluding steroid dienone is 3. The largest absolute Gasteiger partial charge is 0.480 e. The van der Waals surface area contributed by atoms with Crippen molar-refractivity contribution in [2.24, 2.45) is 0 Å². The first-order chi connectivity index (χ1) is 15.9. The second kappa shape index (κ2) is 9.15. The molecule has 0 spiro atoms. The topological polar surface area (TPSA) is 105 Å². The number of carbonyl (C=O) groups excluding carboxylic acids is 2. The third kappa shape index (κ3) is 4.43. The molecule has 0 fully saturated rings. The quantitative estimate of drug-likeness (QED) is 0.591. The van der Waals surface area contributed by atoms with Gasteiger partial charge in [0.1, 0.15) is 5.75 Å². The van der Waals surface area contributed by atoms with Crippen molar-refractivity contribution < 1.29 is 27.5 Å². The fourth-order valence-corrected chi connectivity index (χ4v) is 3.44. The van der Waals surface area contributed by atoms with Gasteiger partial charge in [0.15, 0.2) is 17.7 Å². The van der Waals surface area contributed by atoms with Gasteiger partial charge in [-0.15, -0.1) is 0 Å². The average Bonchev–Trinajstić information content (AvgIpc) is 3.25. The molecule has 0 saturated heterocycles. The van der Waals surface area contributed by atoms with Crippen LogP contribution in [0.2, 0.25) is 0 Å². The van der Waals surface area contributed by atoms with Crippen LogP contribution in [0.15, 0.2) is 60.0 Å². The molecule has 1 aliphatic heterocycles. The standard InChI is InChI=1S/C22H18F3N5O3/c1-26-21(32)18-7-12-6-13(3-5-17(12)33-18)28-22-27-10-15(25)20(30-22)29-16-4-2-11(8-23)14(9-24)19(16)31/h3-6,8-10,18H,2,7H2,1H3,(H,26,32)(H2,27,28,29,30). The molecule has 8 nitrogen and oxygen atoms in total. The van der Waals surface area contributed by atoms with Gasteiger partial charge in [0.05, 0.1) is 30.1 Å². The van der Waals surface area contributed by atoms with E-state index in [1.807, 2.05) is 0 Å². The first-order valence-corrected chi connectivity index (χ1v) is 9.86. The minimum absolute atomic E-state index is 0.0119. The average molecular weight is 457 g/mol. The van der Waals surface area contributed by atoms with Gasteiger partial charge in [0.2, 0.25) is 11.7 Å². The lowest BCUT2D eigenvalue weighted by Crippen LogP contribution is -2.34. The Bertz CT molecular complexity index is 1230. The normalized spacial score (nSPS) is 19.7. The number of benzene rings is 1. The highest BCUT2D eigenvalue weighted by atomic mass is 19.1. The summed E-state index contributed by atoms with van der Waals surface area (Å²) in [6.45, 7) is 0. The fourth-order valence-electron chi connectivity index (χ4n) is 3.44. The maximum absolute atomic E-state index is 14.3. The van der Waals surface area contributed by atoms with Crippen LogP contribution < -0.4 is 20.7 Å². The molecule has 33 heavy (non-hydrogen) atoms. The summed E-state index contributed by atoms with van der Waals surface area (Å²) in [6, 6.07) is 5.13. The number of halogens is 3. The number of hydrogen-bond donors (Lipinski definition) is 3. The van der Waals surface area contributed by atoms with Gasteiger partial charge in [-0.25, -0.2) is 18.2 Å². The van der Waals surface area contributed by atoms with Crippen LogP contribution in [0.5, 0.6) is 5.75 Å². The monoisotopic (exact) mass is 457 g/mol. The molecule has 1 aromatic heterocycles. The Hall–Kier alpha value is -4.15. The summed E-state index contributed by atoms with van der Waals surface area (Å²) in [5.41, 5.74) is 0.668. The van der Waals surface area contributed by atoms with Crippen LogP contribution in [0.25, 0.3) is 0 Å². The molecule has 0 saturated carbocycles. The van der Waals surface area contributed by atoms with Crippen LogP contribution in [0.3, 0.4) is 0 Å². The van der Waals surface area contributed by atoms with Crippen LogP contribution in [-0.4, -0.2) is 34.8 Å². The highest BCUT2D eigenvalue weighted by Crippen LogP contribution is 2.32. The highest BCUT2D eigenvalue weighted by molar-refractivity contribution is 6.13. The second-order valence-corrected chi connectivity index (χ2v) is 7.20. The number of ether oxygens (including phenoxy) is 1. The second-order valence-electron chi connectivity index (χ2n) is 7.20. The minimum atomic E-state index is -0.845. The van der Waals surface area contributed by atoms with Gasteiger partial charge in [-0.05, 0) is 30.2 Å². The number of Topliss-reactive ketones (excluding diaryl/α,β-unsaturated/α-hetero) is 1. The van der Waals surface area contributed by atoms with E-state index in [9.17, 15) is 22.8 Å². The lowest BCUT2D eigenvalue weighted by atomic mass is 9.93. The van der Waals surface area contributed by atoms with Crippen molar-refractivity contribution in [1.29, 1.82) is 0 Å². The van der Waals surface area contributed by atoms with Crippen molar-refractivity contribution in [2.75, 3.05) is 17.7 Å². The first kappa shape index (κ1) is 22.1. The molecule has 0 bridgehead atoms. The number of nitrogens with zero attached hydrogens (tertiary/aromatic N) is 2. The summed E-state index contributed by atoms with van der Waals surface area (Å²) in [6.07, 6.45) is 2.11. The predicted molar refractivity (Wildman–Crippen MR) is 114 cm³/mol. The SMILES string of the molecule is CNC(=O)C1Cc2cc(Nc3ncc(F)c(NC4=CCC(=CF)C(=CF)C4=O)n3)ccc2O1. The number of amides is 1. The number of carbonyl (C=O) groups is 2. The number of rotatable bonds is 5. The van der Waals surface area contributed by atoms with E-state index < -0.39 is 23.3 Å². The number of fused-ring (bicyclic) bond motifs is 1. The van der Waals surface area contributed by atoms with Gasteiger partial charge in [0, 0.05) is 24.7 Å². The number of nitrogens with one attached hydrogen (secondary N) is 3. The Morgan fingerprint density at radius 3 is 2.79 bits per heavy atom. The molecule has 1 atom stereocenters. The Labute approximate surface area is 186 Å². The van der Waals surface area contributed by atoms with E-state index in [4.69, 9.17) is 4.74 Å². The third-order valence-corrected chi connectivity index (χ3v) is 5.13. The molecular weight excluding hydrogens is 439 g/mol. The van der Waals surface area contributed by atoms with E-state index in [1.54, 1.807) is 18.2 Å². The van der Waals surface area contributed by atoms with Crippen molar-refractivity contribution >= 4 is 29.1 Å². The fraction of sp³-hybridized carbons (Fsp3) is 0.182. The van der Waals surface area contributed by atoms with Crippen LogP contribution in [0.4, 0.5) is 30.6 Å². The highest BCUT2D eigenvalue weighted by Gasteiger charge is 2.29. The molecular formula is C22H18F3N5O3. The van der Waals surface area contributed by atoms with Crippen molar-refractivity contribution in [3.05, 3.63) is 71.4 Å². The number of likely N-dealkylation sites (N-methyl/N-ethyl adjacent to an activating group) is 1. The number of aromatic nitrogens is 2. The summed E-state index contributed by atoms with van der Waals surface area (Å²) < 4.78 is 45.8. The van der Waals surface area contributed by atoms with Crippen LogP contribution in [-0.2, 0) is 16.0 Å². The molecule has 1 unspecified atom stereocenters. The third-order valence-electron chi connectivity index (χ3n) is 5.13. The Morgan fingerprint density at radius 2 is 2.06 bits per heavy atom. The van der Waals surface area contributed by atoms with Crippen LogP contribution in [0.1, 0.15) is 12.0 Å². The van der Waals surface area contributed by atoms with Gasteiger partial charge in [0.25, 0.3) is 5.91 Å². The zero-order valence-corrected chi connectivity index (χ0v) is 17.3. The summed E-state index contributed by atoms with van der Waals surface area (Å²) in [5.74, 6) is -1.62. The van der Waals surface area contributed by atoms with E-state index in [-0.39, 0.29) is 48.0 Å². The molecule has 170 valence electrons. The van der Waals surface area contributed by atoms with Crippen LogP contribution >= 0.6 is 0 Å². The van der Waals surface area contributed by atoms with Crippen molar-refractivity contribution in [1.82, 2.24) is 15.3 Å². The van der Waals surface area contributed by atoms with E-state index in [2.05, 4.69) is 25.9 Å². The number of anilines is 3. The summed E-state index contributed by atoms with van der Waals surface area (Å²) >= 11 is 0. The van der Waals surface area contributed by atoms with E-state index >= 15 is 0 Å². The lowest BCUT2D eigenvalue weighted by molar-refractivity contribution is -0.126. The minimum Gasteiger partial charge on any atom is -0.480 e. The number of hydrogen-bond acceptors (Lipinski definition) is 7. The first-order valence-electron chi connectivity index (χ1n) is 9.86. The maximum atomic E-state index is 14.3. The molecule has 2 aromatic rings. The smallest absolute Gasteiger partial charge is 0.261 e. The zero-order chi connectivity index (χ0) is 23.5. The van der Waals surface area contributed by atoms with Gasteiger partial charge in [-0.1, -0.05) is 6.08 Å². The molecule has 1 aliphatic carbocycles. The zero-order valence-electron chi connectivity index (χ0n) is 17.3. The summed E-state index contributed by atoms with van der Waals surface area (Å²) in [4.78, 5) is 32.1. The van der Waals surface area contributed by atoms with Crippen LogP contribution in [0, 0.1) is 5.82 Å². The van der Waals surface area contributed by atoms with E-state index in [0.29, 0.717) is 17.9 Å². The maximum Gasteiger partial charge on any atom is 0.261 e. The summed E-state index contributed by atoms with van der Waals surface area (Å²) in [5, 5.41) is 7.99. The lowest BCUT2D eigenvalue weighted by Gasteiger charge is -2.17. The molecule has 3 N–H and O–H groups in total. The summed E-state index contributed by atoms with van der Waals surface area (Å²) in [7, 11) is 1.53. The Morgan fingerprint density at radius 1 is 1.24 bits per heavy atom. The Kier molecular flexibility index (Phi) is 6.11. The van der Waals surface area contributed by atoms with Gasteiger partial charge in [-0.3, -0.25) is 9.59 Å². The molecule has 2 heterocycles. The molecule has 11 heteroatoms. The molecule has 4 rings (SSSR count). The van der Waals surface area contributed by atoms with E-state index in [0.717, 1.165) is 11.8 Å². The van der Waals surface area contributed by atoms with E-state index in [1.165, 1.54) is 13.1 Å². The molecule has 0 radical (unpaired) electrons. The Balaban J connectivity index is 1.52. The van der Waals surface area contributed by atoms with Gasteiger partial charge >= 0.3 is 0 Å². The van der Waals surface area contributed by atoms with Crippen molar-refractivity contribution in [2.45, 2.75) is 18.9 Å². The van der Waals surface area contributed by atoms with Gasteiger partial charge in [-0.2, -0.15) is 4.98 Å². The van der Waals surface area contributed by atoms with Crippen molar-refractivity contribution in [3.8, 4) is 5.75 Å².